The average molecular weight is 612 g/mol. The Morgan fingerprint density at radius 2 is 1.36 bits per heavy atom. The van der Waals surface area contributed by atoms with Crippen molar-refractivity contribution in [2.24, 2.45) is 0 Å². The van der Waals surface area contributed by atoms with Gasteiger partial charge in [-0.3, -0.25) is 13.9 Å². The van der Waals surface area contributed by atoms with Crippen LogP contribution in [0.25, 0.3) is 0 Å². The molecule has 230 valence electrons. The molecule has 44 heavy (non-hydrogen) atoms. The third kappa shape index (κ3) is 7.94. The van der Waals surface area contributed by atoms with E-state index in [0.717, 1.165) is 27.8 Å². The first-order valence-corrected chi connectivity index (χ1v) is 16.2. The molecule has 0 aromatic heterocycles. The highest BCUT2D eigenvalue weighted by molar-refractivity contribution is 7.92. The molecule has 0 radical (unpaired) electrons. The molecule has 0 saturated heterocycles. The summed E-state index contributed by atoms with van der Waals surface area (Å²) in [6, 6.07) is 29.8. The van der Waals surface area contributed by atoms with E-state index in [2.05, 4.69) is 5.32 Å². The minimum atomic E-state index is -4.14. The lowest BCUT2D eigenvalue weighted by Crippen LogP contribution is -2.54. The van der Waals surface area contributed by atoms with Crippen molar-refractivity contribution < 1.29 is 18.0 Å². The van der Waals surface area contributed by atoms with E-state index in [-0.39, 0.29) is 29.8 Å². The molecular weight excluding hydrogens is 570 g/mol. The van der Waals surface area contributed by atoms with Gasteiger partial charge in [-0.15, -0.1) is 0 Å². The molecule has 0 aliphatic rings. The summed E-state index contributed by atoms with van der Waals surface area (Å²) in [6.07, 6.45) is 0.270. The summed E-state index contributed by atoms with van der Waals surface area (Å²) >= 11 is 0. The van der Waals surface area contributed by atoms with Crippen molar-refractivity contribution in [3.8, 4) is 0 Å². The molecule has 2 amide bonds. The Morgan fingerprint density at radius 1 is 0.750 bits per heavy atom. The first-order valence-electron chi connectivity index (χ1n) is 14.8. The largest absolute Gasteiger partial charge is 0.352 e. The molecule has 4 aromatic rings. The lowest BCUT2D eigenvalue weighted by atomic mass is 10.0. The van der Waals surface area contributed by atoms with Crippen molar-refractivity contribution >= 4 is 27.5 Å². The topological polar surface area (TPSA) is 86.8 Å². The Hall–Kier alpha value is -4.43. The van der Waals surface area contributed by atoms with Gasteiger partial charge < -0.3 is 10.2 Å². The van der Waals surface area contributed by atoms with Gasteiger partial charge in [-0.2, -0.15) is 0 Å². The van der Waals surface area contributed by atoms with Crippen LogP contribution in [0.4, 0.5) is 5.69 Å². The zero-order valence-electron chi connectivity index (χ0n) is 26.0. The van der Waals surface area contributed by atoms with Crippen LogP contribution in [-0.2, 0) is 32.6 Å². The summed E-state index contributed by atoms with van der Waals surface area (Å²) in [5, 5.41) is 2.99. The first kappa shape index (κ1) is 32.5. The van der Waals surface area contributed by atoms with Crippen LogP contribution >= 0.6 is 0 Å². The van der Waals surface area contributed by atoms with Gasteiger partial charge in [0.2, 0.25) is 11.8 Å². The second-order valence-electron chi connectivity index (χ2n) is 11.4. The third-order valence-corrected chi connectivity index (χ3v) is 9.40. The van der Waals surface area contributed by atoms with Gasteiger partial charge >= 0.3 is 0 Å². The second-order valence-corrected chi connectivity index (χ2v) is 13.3. The van der Waals surface area contributed by atoms with Gasteiger partial charge in [0.25, 0.3) is 10.0 Å². The van der Waals surface area contributed by atoms with E-state index >= 15 is 0 Å². The molecule has 0 fully saturated rings. The normalized spacial score (nSPS) is 12.0. The molecule has 0 spiro atoms. The number of nitrogens with zero attached hydrogens (tertiary/aromatic N) is 2. The van der Waals surface area contributed by atoms with Crippen LogP contribution in [0.2, 0.25) is 0 Å². The molecule has 0 heterocycles. The Kier molecular flexibility index (Phi) is 10.6. The highest BCUT2D eigenvalue weighted by Crippen LogP contribution is 2.29. The van der Waals surface area contributed by atoms with Gasteiger partial charge in [-0.25, -0.2) is 8.42 Å². The first-order chi connectivity index (χ1) is 21.0. The van der Waals surface area contributed by atoms with Gasteiger partial charge in [0.1, 0.15) is 12.6 Å². The fourth-order valence-corrected chi connectivity index (χ4v) is 6.56. The van der Waals surface area contributed by atoms with Crippen LogP contribution in [0.5, 0.6) is 0 Å². The van der Waals surface area contributed by atoms with E-state index in [9.17, 15) is 18.0 Å². The number of hydrogen-bond acceptors (Lipinski definition) is 4. The van der Waals surface area contributed by atoms with Crippen LogP contribution in [-0.4, -0.2) is 43.8 Å². The Bertz CT molecular complexity index is 1670. The standard InChI is InChI=1S/C36H41N3O4S/c1-26(2)37-36(41)34(23-30-14-8-6-9-15-30)38(24-31-21-19-27(3)20-22-31)35(40)25-39(33-18-12-13-28(4)29(33)5)44(42,43)32-16-10-7-11-17-32/h6-22,26,34H,23-25H2,1-5H3,(H,37,41). The van der Waals surface area contributed by atoms with Gasteiger partial charge in [-0.05, 0) is 75.1 Å². The summed E-state index contributed by atoms with van der Waals surface area (Å²) in [7, 11) is -4.14. The smallest absolute Gasteiger partial charge is 0.264 e. The van der Waals surface area contributed by atoms with E-state index in [1.54, 1.807) is 30.3 Å². The zero-order chi connectivity index (χ0) is 31.9. The van der Waals surface area contributed by atoms with E-state index in [0.29, 0.717) is 5.69 Å². The summed E-state index contributed by atoms with van der Waals surface area (Å²) in [4.78, 5) is 29.9. The highest BCUT2D eigenvalue weighted by atomic mass is 32.2. The molecule has 1 atom stereocenters. The van der Waals surface area contributed by atoms with Crippen molar-refractivity contribution in [3.05, 3.63) is 131 Å². The number of rotatable bonds is 12. The van der Waals surface area contributed by atoms with E-state index < -0.39 is 28.5 Å². The highest BCUT2D eigenvalue weighted by Gasteiger charge is 2.35. The number of carbonyl (C=O) groups is 2. The van der Waals surface area contributed by atoms with Crippen LogP contribution in [0, 0.1) is 20.8 Å². The van der Waals surface area contributed by atoms with Gasteiger partial charge in [0, 0.05) is 19.0 Å². The fraction of sp³-hybridized carbons (Fsp3) is 0.278. The van der Waals surface area contributed by atoms with E-state index in [4.69, 9.17) is 0 Å². The summed E-state index contributed by atoms with van der Waals surface area (Å²) in [6.45, 7) is 9.14. The molecule has 1 N–H and O–H groups in total. The Morgan fingerprint density at radius 3 is 1.98 bits per heavy atom. The van der Waals surface area contributed by atoms with Crippen molar-refractivity contribution in [2.75, 3.05) is 10.8 Å². The minimum Gasteiger partial charge on any atom is -0.352 e. The number of nitrogens with one attached hydrogen (secondary N) is 1. The maximum atomic E-state index is 14.5. The third-order valence-electron chi connectivity index (χ3n) is 7.63. The summed E-state index contributed by atoms with van der Waals surface area (Å²) in [5.74, 6) is -0.778. The van der Waals surface area contributed by atoms with E-state index in [1.807, 2.05) is 95.3 Å². The molecule has 0 aliphatic heterocycles. The molecule has 4 aromatic carbocycles. The second kappa shape index (κ2) is 14.4. The predicted molar refractivity (Wildman–Crippen MR) is 176 cm³/mol. The average Bonchev–Trinajstić information content (AvgIpc) is 3.00. The van der Waals surface area contributed by atoms with Gasteiger partial charge in [0.05, 0.1) is 10.6 Å². The Balaban J connectivity index is 1.82. The Labute approximate surface area is 261 Å². The van der Waals surface area contributed by atoms with Crippen LogP contribution in [0.1, 0.15) is 41.7 Å². The van der Waals surface area contributed by atoms with Crippen molar-refractivity contribution in [3.63, 3.8) is 0 Å². The molecule has 0 bridgehead atoms. The maximum absolute atomic E-state index is 14.5. The van der Waals surface area contributed by atoms with Gasteiger partial charge in [0.15, 0.2) is 0 Å². The molecular formula is C36H41N3O4S. The maximum Gasteiger partial charge on any atom is 0.264 e. The predicted octanol–water partition coefficient (Wildman–Crippen LogP) is 5.97. The number of hydrogen-bond donors (Lipinski definition) is 1. The number of amides is 2. The minimum absolute atomic E-state index is 0.0807. The molecule has 8 heteroatoms. The zero-order valence-corrected chi connectivity index (χ0v) is 26.8. The lowest BCUT2D eigenvalue weighted by molar-refractivity contribution is -0.140. The number of benzene rings is 4. The molecule has 0 aliphatic carbocycles. The quantitative estimate of drug-likeness (QED) is 0.214. The molecule has 4 rings (SSSR count). The van der Waals surface area contributed by atoms with Crippen molar-refractivity contribution in [1.29, 1.82) is 0 Å². The SMILES string of the molecule is Cc1ccc(CN(C(=O)CN(c2cccc(C)c2C)S(=O)(=O)c2ccccc2)C(Cc2ccccc2)C(=O)NC(C)C)cc1. The molecule has 0 saturated carbocycles. The number of sulfonamides is 1. The summed E-state index contributed by atoms with van der Waals surface area (Å²) < 4.78 is 29.5. The number of aryl methyl sites for hydroxylation is 2. The molecule has 7 nitrogen and oxygen atoms in total. The van der Waals surface area contributed by atoms with Crippen molar-refractivity contribution in [2.45, 2.75) is 64.6 Å². The summed E-state index contributed by atoms with van der Waals surface area (Å²) in [5.41, 5.74) is 4.87. The number of anilines is 1. The van der Waals surface area contributed by atoms with Gasteiger partial charge in [-0.1, -0.05) is 90.5 Å². The van der Waals surface area contributed by atoms with Crippen LogP contribution < -0.4 is 9.62 Å². The van der Waals surface area contributed by atoms with Crippen LogP contribution in [0.15, 0.2) is 108 Å². The fourth-order valence-electron chi connectivity index (χ4n) is 5.06. The van der Waals surface area contributed by atoms with Crippen LogP contribution in [0.3, 0.4) is 0 Å². The number of carbonyl (C=O) groups excluding carboxylic acids is 2. The monoisotopic (exact) mass is 611 g/mol. The lowest BCUT2D eigenvalue weighted by Gasteiger charge is -2.34. The van der Waals surface area contributed by atoms with E-state index in [1.165, 1.54) is 21.3 Å². The van der Waals surface area contributed by atoms with Crippen molar-refractivity contribution in [1.82, 2.24) is 10.2 Å². The molecule has 1 unspecified atom stereocenters.